The molecule has 3 unspecified atom stereocenters. The van der Waals surface area contributed by atoms with Crippen LogP contribution in [-0.4, -0.2) is 60.6 Å². The van der Waals surface area contributed by atoms with Crippen molar-refractivity contribution in [3.05, 3.63) is 84.3 Å². The van der Waals surface area contributed by atoms with Gasteiger partial charge in [0.2, 0.25) is 0 Å². The monoisotopic (exact) mass is 554 g/mol. The van der Waals surface area contributed by atoms with Crippen LogP contribution in [0, 0.1) is 0 Å². The summed E-state index contributed by atoms with van der Waals surface area (Å²) in [5.74, 6) is 0.683. The van der Waals surface area contributed by atoms with Crippen molar-refractivity contribution >= 4 is 44.5 Å². The standard InChI is InChI=1S/C30H30N6O3S/c1-19-17-35(18-20(2)39-19)29-6-4-5-25(34-29)26-10-9-23-15-31-24(14-27(23)33-26)16-32-30(37)22-8-7-21-11-12-36(40(3)38)28(21)13-22/h4-15,19-20H,16-18H2,1-3H3,(H,32,37). The predicted octanol–water partition coefficient (Wildman–Crippen LogP) is 4.33. The van der Waals surface area contributed by atoms with Crippen LogP contribution in [0.3, 0.4) is 0 Å². The third-order valence-electron chi connectivity index (χ3n) is 7.00. The molecule has 6 rings (SSSR count). The van der Waals surface area contributed by atoms with Crippen molar-refractivity contribution in [2.75, 3.05) is 24.2 Å². The van der Waals surface area contributed by atoms with Crippen LogP contribution in [0.2, 0.25) is 0 Å². The maximum Gasteiger partial charge on any atom is 0.251 e. The Morgan fingerprint density at radius 2 is 1.77 bits per heavy atom. The van der Waals surface area contributed by atoms with Crippen LogP contribution in [-0.2, 0) is 22.3 Å². The van der Waals surface area contributed by atoms with Gasteiger partial charge in [0, 0.05) is 48.1 Å². The van der Waals surface area contributed by atoms with Gasteiger partial charge in [-0.3, -0.25) is 13.8 Å². The van der Waals surface area contributed by atoms with Gasteiger partial charge in [0.25, 0.3) is 5.91 Å². The number of anilines is 1. The molecule has 0 aliphatic carbocycles. The van der Waals surface area contributed by atoms with Gasteiger partial charge in [-0.25, -0.2) is 14.2 Å². The zero-order valence-corrected chi connectivity index (χ0v) is 23.4. The molecule has 1 N–H and O–H groups in total. The molecule has 0 saturated carbocycles. The molecular weight excluding hydrogens is 524 g/mol. The Morgan fingerprint density at radius 1 is 1.00 bits per heavy atom. The smallest absolute Gasteiger partial charge is 0.251 e. The van der Waals surface area contributed by atoms with Gasteiger partial charge >= 0.3 is 0 Å². The first kappa shape index (κ1) is 26.1. The summed E-state index contributed by atoms with van der Waals surface area (Å²) >= 11 is 0. The van der Waals surface area contributed by atoms with Crippen LogP contribution in [0.5, 0.6) is 0 Å². The van der Waals surface area contributed by atoms with E-state index in [0.29, 0.717) is 11.3 Å². The number of carbonyl (C=O) groups excluding carboxylic acids is 1. The fourth-order valence-corrected chi connectivity index (χ4v) is 5.81. The Hall–Kier alpha value is -4.15. The molecule has 1 aliphatic rings. The van der Waals surface area contributed by atoms with Gasteiger partial charge in [-0.15, -0.1) is 0 Å². The van der Waals surface area contributed by atoms with Crippen LogP contribution >= 0.6 is 0 Å². The number of pyridine rings is 3. The van der Waals surface area contributed by atoms with Crippen LogP contribution in [0.4, 0.5) is 5.82 Å². The van der Waals surface area contributed by atoms with Crippen LogP contribution in [0.15, 0.2) is 73.1 Å². The molecule has 1 aliphatic heterocycles. The molecule has 9 nitrogen and oxygen atoms in total. The summed E-state index contributed by atoms with van der Waals surface area (Å²) in [6.45, 7) is 6.01. The van der Waals surface area contributed by atoms with Crippen molar-refractivity contribution in [1.29, 1.82) is 0 Å². The summed E-state index contributed by atoms with van der Waals surface area (Å²) in [6, 6.07) is 19.1. The van der Waals surface area contributed by atoms with Gasteiger partial charge in [-0.05, 0) is 62.4 Å². The quantitative estimate of drug-likeness (QED) is 0.333. The summed E-state index contributed by atoms with van der Waals surface area (Å²) in [5, 5.41) is 4.78. The third-order valence-corrected chi connectivity index (χ3v) is 7.87. The van der Waals surface area contributed by atoms with Crippen molar-refractivity contribution in [1.82, 2.24) is 24.2 Å². The molecule has 1 fully saturated rings. The number of nitrogens with one attached hydrogen (secondary N) is 1. The van der Waals surface area contributed by atoms with Gasteiger partial charge in [-0.1, -0.05) is 12.1 Å². The molecular formula is C30H30N6O3S. The average molecular weight is 555 g/mol. The lowest BCUT2D eigenvalue weighted by Crippen LogP contribution is -2.45. The van der Waals surface area contributed by atoms with Crippen LogP contribution in [0.1, 0.15) is 29.9 Å². The Balaban J connectivity index is 1.20. The molecule has 40 heavy (non-hydrogen) atoms. The molecule has 1 saturated heterocycles. The molecule has 204 valence electrons. The largest absolute Gasteiger partial charge is 0.372 e. The van der Waals surface area contributed by atoms with Crippen LogP contribution in [0.25, 0.3) is 33.2 Å². The lowest BCUT2D eigenvalue weighted by Gasteiger charge is -2.36. The van der Waals surface area contributed by atoms with E-state index in [-0.39, 0.29) is 24.7 Å². The number of morpholine rings is 1. The maximum atomic E-state index is 12.9. The lowest BCUT2D eigenvalue weighted by molar-refractivity contribution is -0.00545. The number of hydrogen-bond acceptors (Lipinski definition) is 7. The highest BCUT2D eigenvalue weighted by atomic mass is 32.2. The predicted molar refractivity (Wildman–Crippen MR) is 158 cm³/mol. The van der Waals surface area contributed by atoms with Crippen molar-refractivity contribution in [3.63, 3.8) is 0 Å². The van der Waals surface area contributed by atoms with Crippen molar-refractivity contribution < 1.29 is 13.7 Å². The highest BCUT2D eigenvalue weighted by Crippen LogP contribution is 2.24. The minimum absolute atomic E-state index is 0.149. The molecule has 4 aromatic heterocycles. The van der Waals surface area contributed by atoms with E-state index in [0.717, 1.165) is 52.1 Å². The zero-order chi connectivity index (χ0) is 27.8. The van der Waals surface area contributed by atoms with Gasteiger partial charge in [0.05, 0.1) is 46.9 Å². The first-order chi connectivity index (χ1) is 19.3. The summed E-state index contributed by atoms with van der Waals surface area (Å²) < 4.78 is 19.5. The second-order valence-corrected chi connectivity index (χ2v) is 11.4. The van der Waals surface area contributed by atoms with E-state index >= 15 is 0 Å². The number of aromatic nitrogens is 4. The molecule has 5 aromatic rings. The number of benzene rings is 1. The SMILES string of the molecule is CC1CN(c2cccc(-c3ccc4cnc(CNC(=O)c5ccc6ccn(S(C)=O)c6c5)cc4n3)n2)CC(C)O1. The van der Waals surface area contributed by atoms with E-state index in [1.165, 1.54) is 0 Å². The average Bonchev–Trinajstić information content (AvgIpc) is 3.39. The molecule has 0 bridgehead atoms. The van der Waals surface area contributed by atoms with E-state index in [1.54, 1.807) is 34.8 Å². The molecule has 10 heteroatoms. The Morgan fingerprint density at radius 3 is 2.58 bits per heavy atom. The lowest BCUT2D eigenvalue weighted by atomic mass is 10.1. The first-order valence-corrected chi connectivity index (χ1v) is 14.7. The molecule has 1 aromatic carbocycles. The minimum atomic E-state index is -1.21. The normalized spacial score (nSPS) is 18.2. The first-order valence-electron chi connectivity index (χ1n) is 13.2. The molecule has 0 radical (unpaired) electrons. The van der Waals surface area contributed by atoms with Gasteiger partial charge in [-0.2, -0.15) is 0 Å². The highest BCUT2D eigenvalue weighted by molar-refractivity contribution is 7.82. The summed E-state index contributed by atoms with van der Waals surface area (Å²) in [6.07, 6.45) is 5.43. The topological polar surface area (TPSA) is 102 Å². The minimum Gasteiger partial charge on any atom is -0.372 e. The molecule has 0 spiro atoms. The second kappa shape index (κ2) is 10.8. The summed E-state index contributed by atoms with van der Waals surface area (Å²) in [4.78, 5) is 29.5. The number of rotatable bonds is 6. The van der Waals surface area contributed by atoms with E-state index in [1.807, 2.05) is 48.5 Å². The number of amides is 1. The van der Waals surface area contributed by atoms with Crippen LogP contribution < -0.4 is 10.2 Å². The summed E-state index contributed by atoms with van der Waals surface area (Å²) in [5.41, 5.74) is 4.30. The van der Waals surface area contributed by atoms with Gasteiger partial charge in [0.15, 0.2) is 0 Å². The highest BCUT2D eigenvalue weighted by Gasteiger charge is 2.23. The Bertz CT molecular complexity index is 1740. The molecule has 5 heterocycles. The van der Waals surface area contributed by atoms with E-state index in [4.69, 9.17) is 14.7 Å². The zero-order valence-electron chi connectivity index (χ0n) is 22.6. The number of hydrogen-bond donors (Lipinski definition) is 1. The number of fused-ring (bicyclic) bond motifs is 2. The number of carbonyl (C=O) groups is 1. The fraction of sp³-hybridized carbons (Fsp3) is 0.267. The maximum absolute atomic E-state index is 12.9. The van der Waals surface area contributed by atoms with E-state index in [9.17, 15) is 9.00 Å². The fourth-order valence-electron chi connectivity index (χ4n) is 5.15. The molecule has 1 amide bonds. The molecule has 3 atom stereocenters. The third kappa shape index (κ3) is 5.32. The number of nitrogens with zero attached hydrogens (tertiary/aromatic N) is 5. The van der Waals surface area contributed by atoms with Crippen molar-refractivity contribution in [3.8, 4) is 11.4 Å². The summed E-state index contributed by atoms with van der Waals surface area (Å²) in [7, 11) is -1.21. The van der Waals surface area contributed by atoms with Crippen molar-refractivity contribution in [2.24, 2.45) is 0 Å². The van der Waals surface area contributed by atoms with E-state index in [2.05, 4.69) is 29.0 Å². The van der Waals surface area contributed by atoms with Gasteiger partial charge in [0.1, 0.15) is 16.8 Å². The van der Waals surface area contributed by atoms with E-state index < -0.39 is 11.0 Å². The van der Waals surface area contributed by atoms with Crippen molar-refractivity contribution in [2.45, 2.75) is 32.6 Å². The Kier molecular flexibility index (Phi) is 7.03. The second-order valence-electron chi connectivity index (χ2n) is 10.1. The Labute approximate surface area is 234 Å². The van der Waals surface area contributed by atoms with Gasteiger partial charge < -0.3 is 15.0 Å². The number of ether oxygens (including phenoxy) is 1.